The first-order valence-electron chi connectivity index (χ1n) is 6.27. The van der Waals surface area contributed by atoms with Crippen LogP contribution in [0.2, 0.25) is 0 Å². The summed E-state index contributed by atoms with van der Waals surface area (Å²) in [6.07, 6.45) is 14.6. The van der Waals surface area contributed by atoms with Gasteiger partial charge >= 0.3 is 11.9 Å². The van der Waals surface area contributed by atoms with E-state index in [1.165, 1.54) is 0 Å². The van der Waals surface area contributed by atoms with Crippen molar-refractivity contribution in [2.24, 2.45) is 5.92 Å². The normalized spacial score (nSPS) is 10.3. The summed E-state index contributed by atoms with van der Waals surface area (Å²) in [6.45, 7) is 1.69. The molecule has 0 aliphatic carbocycles. The number of carbonyl (C=O) groups is 2. The number of aliphatic carboxylic acids is 2. The standard InChI is InChI=1S/C8H12O2.C7H10O2/c1-3-4-5-6-7(2)8(9)10;1-2-3-4-5-6-7(8)9/h1,7H,4-6H2,2H3,(H,9,10);1H,3-6H2,(H,8,9). The second-order valence-electron chi connectivity index (χ2n) is 4.14. The van der Waals surface area contributed by atoms with Crippen LogP contribution in [0, 0.1) is 30.6 Å². The van der Waals surface area contributed by atoms with Gasteiger partial charge in [0.15, 0.2) is 0 Å². The van der Waals surface area contributed by atoms with Crippen LogP contribution in [-0.4, -0.2) is 22.2 Å². The maximum atomic E-state index is 10.2. The van der Waals surface area contributed by atoms with E-state index in [2.05, 4.69) is 11.8 Å². The summed E-state index contributed by atoms with van der Waals surface area (Å²) in [6, 6.07) is 0. The Morgan fingerprint density at radius 2 is 1.58 bits per heavy atom. The van der Waals surface area contributed by atoms with Gasteiger partial charge in [0.25, 0.3) is 0 Å². The number of hydrogen-bond acceptors (Lipinski definition) is 2. The highest BCUT2D eigenvalue weighted by molar-refractivity contribution is 5.69. The predicted octanol–water partition coefficient (Wildman–Crippen LogP) is 2.78. The van der Waals surface area contributed by atoms with Crippen molar-refractivity contribution in [2.75, 3.05) is 0 Å². The summed E-state index contributed by atoms with van der Waals surface area (Å²) in [5, 5.41) is 16.6. The van der Waals surface area contributed by atoms with Crippen LogP contribution in [0.1, 0.15) is 51.9 Å². The Morgan fingerprint density at radius 3 is 2.00 bits per heavy atom. The van der Waals surface area contributed by atoms with Crippen molar-refractivity contribution in [1.82, 2.24) is 0 Å². The monoisotopic (exact) mass is 266 g/mol. The molecule has 0 aromatic carbocycles. The maximum absolute atomic E-state index is 10.2. The highest BCUT2D eigenvalue weighted by Crippen LogP contribution is 2.06. The highest BCUT2D eigenvalue weighted by atomic mass is 16.4. The Bertz CT molecular complexity index is 333. The zero-order valence-electron chi connectivity index (χ0n) is 11.4. The number of rotatable bonds is 8. The lowest BCUT2D eigenvalue weighted by Gasteiger charge is -2.01. The van der Waals surface area contributed by atoms with Crippen LogP contribution in [0.4, 0.5) is 0 Å². The van der Waals surface area contributed by atoms with Crippen LogP contribution in [0.25, 0.3) is 0 Å². The van der Waals surface area contributed by atoms with Gasteiger partial charge in [-0.15, -0.1) is 24.7 Å². The molecule has 4 nitrogen and oxygen atoms in total. The molecule has 4 heteroatoms. The second-order valence-corrected chi connectivity index (χ2v) is 4.14. The quantitative estimate of drug-likeness (QED) is 0.523. The van der Waals surface area contributed by atoms with Crippen molar-refractivity contribution >= 4 is 11.9 Å². The summed E-state index contributed by atoms with van der Waals surface area (Å²) < 4.78 is 0. The Balaban J connectivity index is 0. The summed E-state index contributed by atoms with van der Waals surface area (Å²) in [5.41, 5.74) is 0. The topological polar surface area (TPSA) is 74.6 Å². The number of carboxylic acid groups (broad SMARTS) is 2. The summed E-state index contributed by atoms with van der Waals surface area (Å²) in [4.78, 5) is 20.2. The lowest BCUT2D eigenvalue weighted by molar-refractivity contribution is -0.141. The molecule has 0 heterocycles. The molecule has 0 aliphatic heterocycles. The van der Waals surface area contributed by atoms with Gasteiger partial charge in [-0.25, -0.2) is 0 Å². The first-order valence-corrected chi connectivity index (χ1v) is 6.27. The van der Waals surface area contributed by atoms with Crippen LogP contribution in [0.3, 0.4) is 0 Å². The van der Waals surface area contributed by atoms with Crippen molar-refractivity contribution in [3.63, 3.8) is 0 Å². The van der Waals surface area contributed by atoms with Crippen molar-refractivity contribution in [3.05, 3.63) is 0 Å². The molecule has 0 spiro atoms. The van der Waals surface area contributed by atoms with Gasteiger partial charge in [-0.1, -0.05) is 6.92 Å². The summed E-state index contributed by atoms with van der Waals surface area (Å²) in [7, 11) is 0. The van der Waals surface area contributed by atoms with Crippen molar-refractivity contribution in [3.8, 4) is 24.7 Å². The molecule has 0 saturated heterocycles. The van der Waals surface area contributed by atoms with Crippen LogP contribution >= 0.6 is 0 Å². The van der Waals surface area contributed by atoms with Crippen LogP contribution in [0.5, 0.6) is 0 Å². The third-order valence-corrected chi connectivity index (χ3v) is 2.34. The molecule has 0 aromatic rings. The van der Waals surface area contributed by atoms with E-state index in [0.29, 0.717) is 25.7 Å². The zero-order valence-corrected chi connectivity index (χ0v) is 11.4. The van der Waals surface area contributed by atoms with Gasteiger partial charge in [0.05, 0.1) is 5.92 Å². The minimum atomic E-state index is -0.743. The first kappa shape index (κ1) is 19.4. The van der Waals surface area contributed by atoms with E-state index in [1.54, 1.807) is 6.92 Å². The number of unbranched alkanes of at least 4 members (excludes halogenated alkanes) is 3. The zero-order chi connectivity index (χ0) is 15.1. The van der Waals surface area contributed by atoms with Gasteiger partial charge < -0.3 is 10.2 Å². The van der Waals surface area contributed by atoms with Crippen LogP contribution in [0.15, 0.2) is 0 Å². The van der Waals surface area contributed by atoms with Crippen molar-refractivity contribution < 1.29 is 19.8 Å². The lowest BCUT2D eigenvalue weighted by Crippen LogP contribution is -2.08. The molecule has 0 bridgehead atoms. The SMILES string of the molecule is C#CCCCC(C)C(=O)O.C#CCCCCC(=O)O. The van der Waals surface area contributed by atoms with Crippen LogP contribution < -0.4 is 0 Å². The Hall–Kier alpha value is -1.94. The molecule has 0 amide bonds. The highest BCUT2D eigenvalue weighted by Gasteiger charge is 2.08. The van der Waals surface area contributed by atoms with E-state index in [9.17, 15) is 9.59 Å². The van der Waals surface area contributed by atoms with Gasteiger partial charge in [-0.2, -0.15) is 0 Å². The Labute approximate surface area is 115 Å². The van der Waals surface area contributed by atoms with Gasteiger partial charge in [0, 0.05) is 19.3 Å². The minimum Gasteiger partial charge on any atom is -0.481 e. The van der Waals surface area contributed by atoms with E-state index < -0.39 is 11.9 Å². The van der Waals surface area contributed by atoms with E-state index in [-0.39, 0.29) is 12.3 Å². The average molecular weight is 266 g/mol. The second kappa shape index (κ2) is 14.1. The number of hydrogen-bond donors (Lipinski definition) is 2. The van der Waals surface area contributed by atoms with E-state index >= 15 is 0 Å². The Kier molecular flexibility index (Phi) is 14.4. The molecular formula is C15H22O4. The van der Waals surface area contributed by atoms with E-state index in [1.807, 2.05) is 0 Å². The van der Waals surface area contributed by atoms with Gasteiger partial charge in [0.1, 0.15) is 0 Å². The molecule has 0 rings (SSSR count). The van der Waals surface area contributed by atoms with E-state index in [4.69, 9.17) is 23.1 Å². The van der Waals surface area contributed by atoms with Crippen LogP contribution in [-0.2, 0) is 9.59 Å². The predicted molar refractivity (Wildman–Crippen MR) is 74.4 cm³/mol. The molecule has 0 aliphatic rings. The number of terminal acetylenes is 2. The third kappa shape index (κ3) is 18.6. The summed E-state index contributed by atoms with van der Waals surface area (Å²) in [5.74, 6) is 3.18. The van der Waals surface area contributed by atoms with E-state index in [0.717, 1.165) is 12.8 Å². The van der Waals surface area contributed by atoms with Gasteiger partial charge in [0.2, 0.25) is 0 Å². The first-order chi connectivity index (χ1) is 8.95. The fourth-order valence-electron chi connectivity index (χ4n) is 1.14. The van der Waals surface area contributed by atoms with Gasteiger partial charge in [-0.3, -0.25) is 9.59 Å². The molecule has 0 saturated carbocycles. The molecule has 1 unspecified atom stereocenters. The molecule has 1 atom stereocenters. The third-order valence-electron chi connectivity index (χ3n) is 2.34. The molecule has 19 heavy (non-hydrogen) atoms. The number of carboxylic acids is 2. The van der Waals surface area contributed by atoms with Gasteiger partial charge in [-0.05, 0) is 25.7 Å². The molecule has 2 N–H and O–H groups in total. The maximum Gasteiger partial charge on any atom is 0.306 e. The average Bonchev–Trinajstić information content (AvgIpc) is 2.35. The molecule has 0 radical (unpaired) electrons. The fourth-order valence-corrected chi connectivity index (χ4v) is 1.14. The lowest BCUT2D eigenvalue weighted by atomic mass is 10.1. The van der Waals surface area contributed by atoms with Crippen molar-refractivity contribution in [2.45, 2.75) is 51.9 Å². The molecular weight excluding hydrogens is 244 g/mol. The fraction of sp³-hybridized carbons (Fsp3) is 0.600. The summed E-state index contributed by atoms with van der Waals surface area (Å²) >= 11 is 0. The molecule has 106 valence electrons. The Morgan fingerprint density at radius 1 is 1.05 bits per heavy atom. The smallest absolute Gasteiger partial charge is 0.306 e. The molecule has 0 fully saturated rings. The largest absolute Gasteiger partial charge is 0.481 e. The minimum absolute atomic E-state index is 0.238. The van der Waals surface area contributed by atoms with Crippen molar-refractivity contribution in [1.29, 1.82) is 0 Å². The molecule has 0 aromatic heterocycles.